The Kier molecular flexibility index (Phi) is 5.42. The molecule has 3 heterocycles. The maximum Gasteiger partial charge on any atom is 0.246 e. The minimum atomic E-state index is -3.59. The van der Waals surface area contributed by atoms with Gasteiger partial charge in [0.25, 0.3) is 0 Å². The van der Waals surface area contributed by atoms with Crippen molar-refractivity contribution >= 4 is 10.0 Å². The predicted molar refractivity (Wildman–Crippen MR) is 109 cm³/mol. The summed E-state index contributed by atoms with van der Waals surface area (Å²) in [6.07, 6.45) is 3.72. The third-order valence-corrected chi connectivity index (χ3v) is 6.81. The average Bonchev–Trinajstić information content (AvgIpc) is 3.32. The third-order valence-electron chi connectivity index (χ3n) is 5.01. The van der Waals surface area contributed by atoms with Crippen molar-refractivity contribution < 1.29 is 13.2 Å². The number of nitrogens with zero attached hydrogens (tertiary/aromatic N) is 5. The zero-order valence-electron chi connectivity index (χ0n) is 16.7. The molecule has 0 saturated heterocycles. The van der Waals surface area contributed by atoms with Crippen molar-refractivity contribution in [2.45, 2.75) is 44.8 Å². The topological polar surface area (TPSA) is 82.2 Å². The van der Waals surface area contributed by atoms with E-state index in [0.717, 1.165) is 22.7 Å². The molecule has 0 saturated carbocycles. The van der Waals surface area contributed by atoms with Gasteiger partial charge in [-0.1, -0.05) is 0 Å². The molecule has 4 rings (SSSR count). The first-order valence-corrected chi connectivity index (χ1v) is 11.3. The number of hydrogen-bond acceptors (Lipinski definition) is 5. The summed E-state index contributed by atoms with van der Waals surface area (Å²) < 4.78 is 36.7. The van der Waals surface area contributed by atoms with E-state index in [-0.39, 0.29) is 4.90 Å². The van der Waals surface area contributed by atoms with Gasteiger partial charge in [0, 0.05) is 31.4 Å². The second kappa shape index (κ2) is 8.00. The summed E-state index contributed by atoms with van der Waals surface area (Å²) in [5.74, 6) is 0.821. The van der Waals surface area contributed by atoms with E-state index in [9.17, 15) is 8.42 Å². The van der Waals surface area contributed by atoms with Crippen molar-refractivity contribution in [3.05, 3.63) is 48.4 Å². The number of aromatic nitrogens is 4. The lowest BCUT2D eigenvalue weighted by atomic mass is 10.1. The van der Waals surface area contributed by atoms with Crippen molar-refractivity contribution in [3.8, 4) is 17.0 Å². The Labute approximate surface area is 170 Å². The van der Waals surface area contributed by atoms with Gasteiger partial charge in [-0.2, -0.15) is 14.5 Å². The van der Waals surface area contributed by atoms with Crippen LogP contribution < -0.4 is 4.74 Å². The molecule has 1 aromatic carbocycles. The minimum Gasteiger partial charge on any atom is -0.494 e. The van der Waals surface area contributed by atoms with Gasteiger partial charge in [0.2, 0.25) is 10.0 Å². The lowest BCUT2D eigenvalue weighted by Gasteiger charge is -2.18. The monoisotopic (exact) mass is 415 g/mol. The van der Waals surface area contributed by atoms with Crippen LogP contribution in [0.25, 0.3) is 11.3 Å². The molecule has 0 bridgehead atoms. The van der Waals surface area contributed by atoms with Crippen LogP contribution in [0.1, 0.15) is 26.0 Å². The second-order valence-corrected chi connectivity index (χ2v) is 8.86. The number of fused-ring (bicyclic) bond motifs is 1. The quantitative estimate of drug-likeness (QED) is 0.618. The van der Waals surface area contributed by atoms with E-state index in [1.54, 1.807) is 10.9 Å². The summed E-state index contributed by atoms with van der Waals surface area (Å²) >= 11 is 0. The van der Waals surface area contributed by atoms with E-state index < -0.39 is 10.0 Å². The van der Waals surface area contributed by atoms with Crippen LogP contribution in [-0.4, -0.2) is 45.4 Å². The number of hydrogen-bond donors (Lipinski definition) is 0. The van der Waals surface area contributed by atoms with E-state index in [4.69, 9.17) is 9.84 Å². The summed E-state index contributed by atoms with van der Waals surface area (Å²) in [4.78, 5) is 0.235. The van der Waals surface area contributed by atoms with E-state index in [1.165, 1.54) is 10.5 Å². The zero-order valence-corrected chi connectivity index (χ0v) is 17.5. The van der Waals surface area contributed by atoms with Crippen LogP contribution in [0.5, 0.6) is 5.75 Å². The Bertz CT molecular complexity index is 1090. The van der Waals surface area contributed by atoms with Crippen LogP contribution in [0, 0.1) is 0 Å². The molecule has 0 unspecified atom stereocenters. The van der Waals surface area contributed by atoms with Gasteiger partial charge in [0.15, 0.2) is 0 Å². The lowest BCUT2D eigenvalue weighted by Crippen LogP contribution is -2.30. The Morgan fingerprint density at radius 2 is 1.93 bits per heavy atom. The first-order valence-electron chi connectivity index (χ1n) is 9.84. The molecule has 0 radical (unpaired) electrons. The van der Waals surface area contributed by atoms with E-state index >= 15 is 0 Å². The molecule has 0 fully saturated rings. The zero-order chi connectivity index (χ0) is 20.4. The highest BCUT2D eigenvalue weighted by molar-refractivity contribution is 7.89. The molecular weight excluding hydrogens is 390 g/mol. The molecule has 0 aliphatic carbocycles. The smallest absolute Gasteiger partial charge is 0.246 e. The minimum absolute atomic E-state index is 0.235. The second-order valence-electron chi connectivity index (χ2n) is 6.93. The maximum atomic E-state index is 13.1. The van der Waals surface area contributed by atoms with Crippen molar-refractivity contribution in [2.75, 3.05) is 13.2 Å². The van der Waals surface area contributed by atoms with Gasteiger partial charge in [0.05, 0.1) is 30.7 Å². The Morgan fingerprint density at radius 1 is 1.14 bits per heavy atom. The molecule has 8 nitrogen and oxygen atoms in total. The van der Waals surface area contributed by atoms with Gasteiger partial charge in [0.1, 0.15) is 10.6 Å². The van der Waals surface area contributed by atoms with Gasteiger partial charge in [-0.25, -0.2) is 8.42 Å². The molecule has 0 spiro atoms. The molecule has 3 aromatic rings. The van der Waals surface area contributed by atoms with Crippen LogP contribution in [0.4, 0.5) is 0 Å². The molecule has 29 heavy (non-hydrogen) atoms. The molecule has 9 heteroatoms. The normalized spacial score (nSPS) is 15.1. The van der Waals surface area contributed by atoms with E-state index in [1.807, 2.05) is 48.9 Å². The Morgan fingerprint density at radius 3 is 2.62 bits per heavy atom. The van der Waals surface area contributed by atoms with E-state index in [0.29, 0.717) is 39.2 Å². The Hall–Kier alpha value is -2.65. The molecule has 2 aromatic heterocycles. The highest BCUT2D eigenvalue weighted by Gasteiger charge is 2.29. The summed E-state index contributed by atoms with van der Waals surface area (Å²) in [7, 11) is -3.59. The fourth-order valence-corrected chi connectivity index (χ4v) is 4.87. The number of ether oxygens (including phenoxy) is 1. The standard InChI is InChI=1S/C20H25N5O3S/c1-3-23-15-19(13-21-23)29(26,27)24-10-5-11-25-17(14-24)12-20(22-25)16-6-8-18(9-7-16)28-4-2/h6-9,12-13,15H,3-5,10-11,14H2,1-2H3. The summed E-state index contributed by atoms with van der Waals surface area (Å²) in [6, 6.07) is 9.76. The average molecular weight is 416 g/mol. The molecule has 1 aliphatic heterocycles. The fourth-order valence-electron chi connectivity index (χ4n) is 3.47. The van der Waals surface area contributed by atoms with Gasteiger partial charge in [-0.15, -0.1) is 0 Å². The van der Waals surface area contributed by atoms with Gasteiger partial charge in [-0.05, 0) is 50.6 Å². The SMILES string of the molecule is CCOc1ccc(-c2cc3n(n2)CCCN(S(=O)(=O)c2cnn(CC)c2)C3)cc1. The molecule has 0 amide bonds. The predicted octanol–water partition coefficient (Wildman–Crippen LogP) is 2.76. The highest BCUT2D eigenvalue weighted by Crippen LogP contribution is 2.26. The summed E-state index contributed by atoms with van der Waals surface area (Å²) in [5, 5.41) is 8.81. The van der Waals surface area contributed by atoms with Gasteiger partial charge >= 0.3 is 0 Å². The number of sulfonamides is 1. The largest absolute Gasteiger partial charge is 0.494 e. The number of aryl methyl sites for hydroxylation is 2. The first kappa shape index (κ1) is 19.7. The molecule has 0 N–H and O–H groups in total. The van der Waals surface area contributed by atoms with Crippen molar-refractivity contribution in [3.63, 3.8) is 0 Å². The van der Waals surface area contributed by atoms with Crippen molar-refractivity contribution in [2.24, 2.45) is 0 Å². The first-order chi connectivity index (χ1) is 14.0. The van der Waals surface area contributed by atoms with Crippen molar-refractivity contribution in [1.82, 2.24) is 23.9 Å². The van der Waals surface area contributed by atoms with Crippen LogP contribution in [0.15, 0.2) is 47.6 Å². The summed E-state index contributed by atoms with van der Waals surface area (Å²) in [6.45, 7) is 6.58. The van der Waals surface area contributed by atoms with Gasteiger partial charge in [-0.3, -0.25) is 9.36 Å². The van der Waals surface area contributed by atoms with E-state index in [2.05, 4.69) is 5.10 Å². The number of rotatable bonds is 6. The summed E-state index contributed by atoms with van der Waals surface area (Å²) in [5.41, 5.74) is 2.70. The van der Waals surface area contributed by atoms with Crippen molar-refractivity contribution in [1.29, 1.82) is 0 Å². The molecule has 0 atom stereocenters. The molecule has 1 aliphatic rings. The number of benzene rings is 1. The van der Waals surface area contributed by atoms with Crippen LogP contribution in [-0.2, 0) is 29.7 Å². The van der Waals surface area contributed by atoms with Crippen LogP contribution in [0.3, 0.4) is 0 Å². The van der Waals surface area contributed by atoms with Gasteiger partial charge < -0.3 is 4.74 Å². The maximum absolute atomic E-state index is 13.1. The molecular formula is C20H25N5O3S. The van der Waals surface area contributed by atoms with Crippen LogP contribution >= 0.6 is 0 Å². The molecule has 154 valence electrons. The lowest BCUT2D eigenvalue weighted by molar-refractivity contribution is 0.340. The Balaban J connectivity index is 1.59. The van der Waals surface area contributed by atoms with Crippen LogP contribution in [0.2, 0.25) is 0 Å². The third kappa shape index (κ3) is 3.92. The fraction of sp³-hybridized carbons (Fsp3) is 0.400. The highest BCUT2D eigenvalue weighted by atomic mass is 32.2.